The molecule has 0 bridgehead atoms. The summed E-state index contributed by atoms with van der Waals surface area (Å²) in [5.41, 5.74) is 1.69. The van der Waals surface area contributed by atoms with E-state index in [-0.39, 0.29) is 5.91 Å². The van der Waals surface area contributed by atoms with Gasteiger partial charge in [0, 0.05) is 24.9 Å². The molecule has 6 heteroatoms. The smallest absolute Gasteiger partial charge is 0.244 e. The van der Waals surface area contributed by atoms with Gasteiger partial charge in [-0.05, 0) is 29.3 Å². The maximum atomic E-state index is 11.8. The quantitative estimate of drug-likeness (QED) is 0.846. The van der Waals surface area contributed by atoms with Crippen LogP contribution in [-0.2, 0) is 11.3 Å². The summed E-state index contributed by atoms with van der Waals surface area (Å²) in [5, 5.41) is 3.70. The van der Waals surface area contributed by atoms with E-state index in [0.717, 1.165) is 11.1 Å². The molecule has 1 aromatic heterocycles. The molecule has 0 radical (unpaired) electrons. The fourth-order valence-corrected chi connectivity index (χ4v) is 1.98. The van der Waals surface area contributed by atoms with E-state index >= 15 is 0 Å². The van der Waals surface area contributed by atoms with Crippen molar-refractivity contribution in [2.75, 3.05) is 7.11 Å². The summed E-state index contributed by atoms with van der Waals surface area (Å²) in [6.07, 6.45) is 4.77. The predicted octanol–water partition coefficient (Wildman–Crippen LogP) is 3.73. The van der Waals surface area contributed by atoms with Crippen molar-refractivity contribution in [1.29, 1.82) is 0 Å². The zero-order valence-electron chi connectivity index (χ0n) is 11.8. The maximum absolute atomic E-state index is 11.8. The first-order valence-corrected chi connectivity index (χ1v) is 7.24. The van der Waals surface area contributed by atoms with Crippen molar-refractivity contribution < 1.29 is 9.53 Å². The highest BCUT2D eigenvalue weighted by molar-refractivity contribution is 6.42. The van der Waals surface area contributed by atoms with Crippen molar-refractivity contribution in [3.05, 3.63) is 63.8 Å². The topological polar surface area (TPSA) is 51.2 Å². The zero-order chi connectivity index (χ0) is 15.9. The second kappa shape index (κ2) is 7.82. The highest BCUT2D eigenvalue weighted by Crippen LogP contribution is 2.23. The van der Waals surface area contributed by atoms with E-state index in [9.17, 15) is 4.79 Å². The number of nitrogens with one attached hydrogen (secondary N) is 1. The summed E-state index contributed by atoms with van der Waals surface area (Å²) < 4.78 is 4.97. The van der Waals surface area contributed by atoms with Crippen LogP contribution in [0.4, 0.5) is 0 Å². The number of benzene rings is 1. The Morgan fingerprint density at radius 1 is 1.27 bits per heavy atom. The minimum atomic E-state index is -0.207. The number of carbonyl (C=O) groups excluding carboxylic acids is 1. The molecule has 0 saturated heterocycles. The van der Waals surface area contributed by atoms with Crippen LogP contribution in [0.25, 0.3) is 6.08 Å². The fraction of sp³-hybridized carbons (Fsp3) is 0.125. The molecule has 0 fully saturated rings. The Morgan fingerprint density at radius 3 is 2.73 bits per heavy atom. The Balaban J connectivity index is 1.89. The molecule has 1 N–H and O–H groups in total. The number of hydrogen-bond donors (Lipinski definition) is 1. The molecule has 0 aliphatic carbocycles. The van der Waals surface area contributed by atoms with Crippen molar-refractivity contribution in [2.45, 2.75) is 6.54 Å². The number of rotatable bonds is 5. The van der Waals surface area contributed by atoms with Gasteiger partial charge in [0.15, 0.2) is 0 Å². The Hall–Kier alpha value is -2.04. The average molecular weight is 337 g/mol. The van der Waals surface area contributed by atoms with Gasteiger partial charge in [-0.2, -0.15) is 0 Å². The molecule has 1 heterocycles. The minimum absolute atomic E-state index is 0.207. The molecular formula is C16H14Cl2N2O2. The number of methoxy groups -OCH3 is 1. The van der Waals surface area contributed by atoms with Crippen LogP contribution in [0.15, 0.2) is 42.6 Å². The number of ether oxygens (including phenoxy) is 1. The number of nitrogens with zero attached hydrogens (tertiary/aromatic N) is 1. The number of amides is 1. The van der Waals surface area contributed by atoms with Gasteiger partial charge in [0.2, 0.25) is 11.8 Å². The van der Waals surface area contributed by atoms with Gasteiger partial charge in [-0.25, -0.2) is 4.98 Å². The number of pyridine rings is 1. The second-order valence-electron chi connectivity index (χ2n) is 4.43. The normalized spacial score (nSPS) is 10.7. The molecule has 114 valence electrons. The Labute approximate surface area is 138 Å². The molecule has 0 aliphatic rings. The first-order chi connectivity index (χ1) is 10.6. The third-order valence-electron chi connectivity index (χ3n) is 2.84. The van der Waals surface area contributed by atoms with E-state index in [1.807, 2.05) is 6.07 Å². The number of aromatic nitrogens is 1. The molecule has 0 spiro atoms. The number of carbonyl (C=O) groups is 1. The standard InChI is InChI=1S/C16H14Cl2N2O2/c1-22-16-7-4-12(10-20-16)9-19-15(21)6-3-11-2-5-13(17)14(18)8-11/h2-8,10H,9H2,1H3,(H,19,21)/b6-3+. The molecule has 2 aromatic rings. The summed E-state index contributed by atoms with van der Waals surface area (Å²) in [5.74, 6) is 0.330. The van der Waals surface area contributed by atoms with Crippen LogP contribution in [0.1, 0.15) is 11.1 Å². The highest BCUT2D eigenvalue weighted by Gasteiger charge is 2.00. The lowest BCUT2D eigenvalue weighted by atomic mass is 10.2. The molecule has 0 saturated carbocycles. The van der Waals surface area contributed by atoms with Crippen molar-refractivity contribution in [3.63, 3.8) is 0 Å². The third kappa shape index (κ3) is 4.76. The highest BCUT2D eigenvalue weighted by atomic mass is 35.5. The van der Waals surface area contributed by atoms with Gasteiger partial charge in [0.05, 0.1) is 17.2 Å². The predicted molar refractivity (Wildman–Crippen MR) is 88.1 cm³/mol. The van der Waals surface area contributed by atoms with Crippen molar-refractivity contribution >= 4 is 35.2 Å². The van der Waals surface area contributed by atoms with Gasteiger partial charge in [-0.1, -0.05) is 35.3 Å². The molecule has 4 nitrogen and oxygen atoms in total. The SMILES string of the molecule is COc1ccc(CNC(=O)/C=C/c2ccc(Cl)c(Cl)c2)cn1. The number of hydrogen-bond acceptors (Lipinski definition) is 3. The molecule has 1 aromatic carbocycles. The monoisotopic (exact) mass is 336 g/mol. The van der Waals surface area contributed by atoms with E-state index in [2.05, 4.69) is 10.3 Å². The van der Waals surface area contributed by atoms with Crippen LogP contribution in [-0.4, -0.2) is 18.0 Å². The van der Waals surface area contributed by atoms with Gasteiger partial charge in [0.1, 0.15) is 0 Å². The Kier molecular flexibility index (Phi) is 5.81. The molecule has 22 heavy (non-hydrogen) atoms. The molecule has 0 aliphatic heterocycles. The van der Waals surface area contributed by atoms with Crippen molar-refractivity contribution in [3.8, 4) is 5.88 Å². The third-order valence-corrected chi connectivity index (χ3v) is 3.58. The average Bonchev–Trinajstić information content (AvgIpc) is 2.54. The summed E-state index contributed by atoms with van der Waals surface area (Å²) in [6, 6.07) is 8.75. The molecule has 0 unspecified atom stereocenters. The summed E-state index contributed by atoms with van der Waals surface area (Å²) in [4.78, 5) is 15.8. The van der Waals surface area contributed by atoms with Crippen molar-refractivity contribution in [2.24, 2.45) is 0 Å². The van der Waals surface area contributed by atoms with Gasteiger partial charge in [-0.3, -0.25) is 4.79 Å². The number of halogens is 2. The van der Waals surface area contributed by atoms with Crippen molar-refractivity contribution in [1.82, 2.24) is 10.3 Å². The van der Waals surface area contributed by atoms with E-state index < -0.39 is 0 Å². The first kappa shape index (κ1) is 16.3. The van der Waals surface area contributed by atoms with Crippen LogP contribution in [0.5, 0.6) is 5.88 Å². The Bertz CT molecular complexity index is 685. The van der Waals surface area contributed by atoms with Gasteiger partial charge < -0.3 is 10.1 Å². The lowest BCUT2D eigenvalue weighted by molar-refractivity contribution is -0.116. The lowest BCUT2D eigenvalue weighted by Crippen LogP contribution is -2.20. The Morgan fingerprint density at radius 2 is 2.09 bits per heavy atom. The first-order valence-electron chi connectivity index (χ1n) is 6.48. The minimum Gasteiger partial charge on any atom is -0.481 e. The largest absolute Gasteiger partial charge is 0.481 e. The van der Waals surface area contributed by atoms with Gasteiger partial charge in [-0.15, -0.1) is 0 Å². The van der Waals surface area contributed by atoms with E-state index in [1.165, 1.54) is 6.08 Å². The van der Waals surface area contributed by atoms with Gasteiger partial charge in [0.25, 0.3) is 0 Å². The van der Waals surface area contributed by atoms with Crippen LogP contribution in [0.2, 0.25) is 10.0 Å². The maximum Gasteiger partial charge on any atom is 0.244 e. The van der Waals surface area contributed by atoms with E-state index in [0.29, 0.717) is 22.5 Å². The van der Waals surface area contributed by atoms with Crippen LogP contribution in [0, 0.1) is 0 Å². The van der Waals surface area contributed by atoms with Gasteiger partial charge >= 0.3 is 0 Å². The summed E-state index contributed by atoms with van der Waals surface area (Å²) >= 11 is 11.7. The summed E-state index contributed by atoms with van der Waals surface area (Å²) in [6.45, 7) is 0.390. The zero-order valence-corrected chi connectivity index (χ0v) is 13.4. The van der Waals surface area contributed by atoms with E-state index in [1.54, 1.807) is 43.6 Å². The lowest BCUT2D eigenvalue weighted by Gasteiger charge is -2.03. The molecule has 1 amide bonds. The fourth-order valence-electron chi connectivity index (χ4n) is 1.67. The summed E-state index contributed by atoms with van der Waals surface area (Å²) in [7, 11) is 1.55. The van der Waals surface area contributed by atoms with E-state index in [4.69, 9.17) is 27.9 Å². The van der Waals surface area contributed by atoms with Crippen LogP contribution in [0.3, 0.4) is 0 Å². The second-order valence-corrected chi connectivity index (χ2v) is 5.25. The molecule has 0 atom stereocenters. The van der Waals surface area contributed by atoms with Crippen LogP contribution < -0.4 is 10.1 Å². The van der Waals surface area contributed by atoms with Crippen LogP contribution >= 0.6 is 23.2 Å². The molecule has 2 rings (SSSR count). The molecular weight excluding hydrogens is 323 g/mol.